The van der Waals surface area contributed by atoms with E-state index >= 15 is 0 Å². The normalized spacial score (nSPS) is 20.6. The van der Waals surface area contributed by atoms with Crippen LogP contribution < -0.4 is 5.73 Å². The van der Waals surface area contributed by atoms with Gasteiger partial charge in [-0.3, -0.25) is 4.90 Å². The zero-order valence-corrected chi connectivity index (χ0v) is 12.7. The maximum Gasteiger partial charge on any atom is 0.0476 e. The van der Waals surface area contributed by atoms with E-state index in [1.807, 2.05) is 0 Å². The van der Waals surface area contributed by atoms with Crippen molar-refractivity contribution in [3.8, 4) is 0 Å². The summed E-state index contributed by atoms with van der Waals surface area (Å²) in [6.07, 6.45) is 2.48. The van der Waals surface area contributed by atoms with Crippen molar-refractivity contribution in [2.45, 2.75) is 31.8 Å². The van der Waals surface area contributed by atoms with E-state index in [2.05, 4.69) is 66.4 Å². The second-order valence-corrected chi connectivity index (χ2v) is 5.97. The highest BCUT2D eigenvalue weighted by Crippen LogP contribution is 2.38. The van der Waals surface area contributed by atoms with E-state index in [0.717, 1.165) is 6.54 Å². The van der Waals surface area contributed by atoms with Crippen molar-refractivity contribution in [1.82, 2.24) is 4.90 Å². The van der Waals surface area contributed by atoms with E-state index in [9.17, 15) is 0 Å². The Bertz CT molecular complexity index is 579. The molecule has 1 aliphatic heterocycles. The minimum absolute atomic E-state index is 0.317. The summed E-state index contributed by atoms with van der Waals surface area (Å²) in [5.41, 5.74) is 10.2. The zero-order chi connectivity index (χ0) is 14.7. The first-order valence-electron chi connectivity index (χ1n) is 7.87. The molecule has 0 bridgehead atoms. The van der Waals surface area contributed by atoms with Crippen LogP contribution in [0.4, 0.5) is 0 Å². The van der Waals surface area contributed by atoms with Crippen LogP contribution in [0, 0.1) is 6.92 Å². The predicted octanol–water partition coefficient (Wildman–Crippen LogP) is 3.83. The van der Waals surface area contributed by atoms with Crippen LogP contribution >= 0.6 is 0 Å². The fourth-order valence-corrected chi connectivity index (χ4v) is 3.54. The van der Waals surface area contributed by atoms with E-state index in [-0.39, 0.29) is 0 Å². The number of rotatable bonds is 4. The standard InChI is InChI=1S/C19H24N2/c1-15-7-5-10-17(13-15)19(14-20)21-12-6-11-18(21)16-8-3-2-4-9-16/h2-5,7-10,13,18-19H,6,11-12,14,20H2,1H3. The predicted molar refractivity (Wildman–Crippen MR) is 88.1 cm³/mol. The topological polar surface area (TPSA) is 29.3 Å². The van der Waals surface area contributed by atoms with Gasteiger partial charge in [0, 0.05) is 18.6 Å². The third-order valence-corrected chi connectivity index (χ3v) is 4.53. The molecule has 0 saturated carbocycles. The molecule has 1 aliphatic rings. The number of nitrogens with two attached hydrogens (primary N) is 1. The van der Waals surface area contributed by atoms with Gasteiger partial charge in [0.05, 0.1) is 0 Å². The van der Waals surface area contributed by atoms with Crippen molar-refractivity contribution in [2.24, 2.45) is 5.73 Å². The molecule has 2 N–H and O–H groups in total. The smallest absolute Gasteiger partial charge is 0.0476 e. The maximum atomic E-state index is 6.13. The fraction of sp³-hybridized carbons (Fsp3) is 0.368. The molecule has 1 heterocycles. The lowest BCUT2D eigenvalue weighted by Gasteiger charge is -2.33. The van der Waals surface area contributed by atoms with E-state index in [4.69, 9.17) is 5.73 Å². The van der Waals surface area contributed by atoms with E-state index in [1.54, 1.807) is 0 Å². The second-order valence-electron chi connectivity index (χ2n) is 5.97. The molecule has 0 radical (unpaired) electrons. The molecule has 0 spiro atoms. The molecular weight excluding hydrogens is 256 g/mol. The van der Waals surface area contributed by atoms with Crippen molar-refractivity contribution in [2.75, 3.05) is 13.1 Å². The zero-order valence-electron chi connectivity index (χ0n) is 12.7. The Labute approximate surface area is 127 Å². The fourth-order valence-electron chi connectivity index (χ4n) is 3.54. The first-order valence-corrected chi connectivity index (χ1v) is 7.87. The Morgan fingerprint density at radius 2 is 1.95 bits per heavy atom. The minimum atomic E-state index is 0.317. The van der Waals surface area contributed by atoms with Crippen LogP contribution in [0.1, 0.15) is 41.6 Å². The molecule has 2 nitrogen and oxygen atoms in total. The Morgan fingerprint density at radius 1 is 1.14 bits per heavy atom. The van der Waals surface area contributed by atoms with E-state index < -0.39 is 0 Å². The third kappa shape index (κ3) is 3.02. The van der Waals surface area contributed by atoms with Crippen molar-refractivity contribution in [1.29, 1.82) is 0 Å². The molecule has 0 aliphatic carbocycles. The van der Waals surface area contributed by atoms with Gasteiger partial charge in [0.15, 0.2) is 0 Å². The minimum Gasteiger partial charge on any atom is -0.329 e. The summed E-state index contributed by atoms with van der Waals surface area (Å²) in [4.78, 5) is 2.59. The summed E-state index contributed by atoms with van der Waals surface area (Å²) >= 11 is 0. The van der Waals surface area contributed by atoms with Gasteiger partial charge < -0.3 is 5.73 Å². The highest BCUT2D eigenvalue weighted by molar-refractivity contribution is 5.27. The van der Waals surface area contributed by atoms with Gasteiger partial charge in [-0.15, -0.1) is 0 Å². The Kier molecular flexibility index (Phi) is 4.37. The van der Waals surface area contributed by atoms with Crippen LogP contribution in [0.25, 0.3) is 0 Å². The van der Waals surface area contributed by atoms with Gasteiger partial charge in [-0.1, -0.05) is 60.2 Å². The number of aryl methyl sites for hydroxylation is 1. The molecule has 2 heteroatoms. The summed E-state index contributed by atoms with van der Waals surface area (Å²) in [5.74, 6) is 0. The first-order chi connectivity index (χ1) is 10.3. The third-order valence-electron chi connectivity index (χ3n) is 4.53. The summed E-state index contributed by atoms with van der Waals surface area (Å²) in [6.45, 7) is 3.96. The Balaban J connectivity index is 1.89. The molecule has 0 aromatic heterocycles. The lowest BCUT2D eigenvalue weighted by atomic mass is 9.99. The molecule has 1 saturated heterocycles. The maximum absolute atomic E-state index is 6.13. The highest BCUT2D eigenvalue weighted by Gasteiger charge is 2.31. The highest BCUT2D eigenvalue weighted by atomic mass is 15.2. The summed E-state index contributed by atoms with van der Waals surface area (Å²) < 4.78 is 0. The van der Waals surface area contributed by atoms with Gasteiger partial charge in [0.1, 0.15) is 0 Å². The van der Waals surface area contributed by atoms with Crippen molar-refractivity contribution in [3.63, 3.8) is 0 Å². The van der Waals surface area contributed by atoms with E-state index in [0.29, 0.717) is 18.6 Å². The van der Waals surface area contributed by atoms with Crippen LogP contribution in [0.3, 0.4) is 0 Å². The largest absolute Gasteiger partial charge is 0.329 e. The summed E-state index contributed by atoms with van der Waals surface area (Å²) in [7, 11) is 0. The molecule has 2 aromatic rings. The Hall–Kier alpha value is -1.64. The monoisotopic (exact) mass is 280 g/mol. The molecule has 2 atom stereocenters. The molecular formula is C19H24N2. The van der Waals surface area contributed by atoms with Crippen LogP contribution in [0.2, 0.25) is 0 Å². The summed E-state index contributed by atoms with van der Waals surface area (Å²) in [6, 6.07) is 20.4. The quantitative estimate of drug-likeness (QED) is 0.922. The average molecular weight is 280 g/mol. The number of hydrogen-bond donors (Lipinski definition) is 1. The van der Waals surface area contributed by atoms with Gasteiger partial charge in [-0.25, -0.2) is 0 Å². The number of nitrogens with zero attached hydrogens (tertiary/aromatic N) is 1. The van der Waals surface area contributed by atoms with Crippen LogP contribution in [0.15, 0.2) is 54.6 Å². The van der Waals surface area contributed by atoms with Gasteiger partial charge in [0.25, 0.3) is 0 Å². The van der Waals surface area contributed by atoms with Gasteiger partial charge in [-0.05, 0) is 37.4 Å². The van der Waals surface area contributed by atoms with Crippen LogP contribution in [0.5, 0.6) is 0 Å². The number of hydrogen-bond acceptors (Lipinski definition) is 2. The van der Waals surface area contributed by atoms with Crippen molar-refractivity contribution in [3.05, 3.63) is 71.3 Å². The van der Waals surface area contributed by atoms with E-state index in [1.165, 1.54) is 29.5 Å². The van der Waals surface area contributed by atoms with Crippen LogP contribution in [-0.4, -0.2) is 18.0 Å². The summed E-state index contributed by atoms with van der Waals surface area (Å²) in [5, 5.41) is 0. The average Bonchev–Trinajstić information content (AvgIpc) is 2.98. The lowest BCUT2D eigenvalue weighted by molar-refractivity contribution is 0.185. The van der Waals surface area contributed by atoms with Gasteiger partial charge in [-0.2, -0.15) is 0 Å². The molecule has 2 aromatic carbocycles. The first kappa shape index (κ1) is 14.3. The molecule has 21 heavy (non-hydrogen) atoms. The van der Waals surface area contributed by atoms with Crippen molar-refractivity contribution < 1.29 is 0 Å². The number of benzene rings is 2. The molecule has 3 rings (SSSR count). The number of likely N-dealkylation sites (tertiary alicyclic amines) is 1. The molecule has 2 unspecified atom stereocenters. The lowest BCUT2D eigenvalue weighted by Crippen LogP contribution is -2.33. The molecule has 110 valence electrons. The molecule has 1 fully saturated rings. The van der Waals surface area contributed by atoms with Gasteiger partial charge in [0.2, 0.25) is 0 Å². The SMILES string of the molecule is Cc1cccc(C(CN)N2CCCC2c2ccccc2)c1. The van der Waals surface area contributed by atoms with Crippen LogP contribution in [-0.2, 0) is 0 Å². The second kappa shape index (κ2) is 6.42. The van der Waals surface area contributed by atoms with Crippen molar-refractivity contribution >= 4 is 0 Å². The molecule has 0 amide bonds. The van der Waals surface area contributed by atoms with Gasteiger partial charge >= 0.3 is 0 Å². The Morgan fingerprint density at radius 3 is 2.67 bits per heavy atom.